The first-order valence-electron chi connectivity index (χ1n) is 11.2. The number of hydrogen-bond donors (Lipinski definition) is 2. The number of rotatable bonds is 5. The lowest BCUT2D eigenvalue weighted by atomic mass is 10.0. The zero-order valence-corrected chi connectivity index (χ0v) is 20.9. The van der Waals surface area contributed by atoms with Gasteiger partial charge >= 0.3 is 6.03 Å². The van der Waals surface area contributed by atoms with Crippen LogP contribution < -0.4 is 21.1 Å². The number of carbonyl (C=O) groups is 1. The van der Waals surface area contributed by atoms with E-state index >= 15 is 0 Å². The first-order valence-corrected chi connectivity index (χ1v) is 11.5. The summed E-state index contributed by atoms with van der Waals surface area (Å²) < 4.78 is 30.2. The van der Waals surface area contributed by atoms with Crippen LogP contribution in [0.25, 0.3) is 22.0 Å². The number of nitrogens with one attached hydrogen (secondary N) is 2. The normalized spacial score (nSPS) is 11.0. The summed E-state index contributed by atoms with van der Waals surface area (Å²) in [5, 5.41) is 6.22. The van der Waals surface area contributed by atoms with Crippen LogP contribution >= 0.6 is 11.6 Å². The fraction of sp³-hybridized carbons (Fsp3) is 0.192. The summed E-state index contributed by atoms with van der Waals surface area (Å²) in [7, 11) is 3.10. The molecule has 0 aliphatic rings. The molecular weight excluding hydrogens is 488 g/mol. The number of pyridine rings is 2. The zero-order chi connectivity index (χ0) is 26.1. The Labute approximate surface area is 211 Å². The Hall–Kier alpha value is -3.98. The van der Waals surface area contributed by atoms with Gasteiger partial charge in [-0.15, -0.1) is 0 Å². The van der Waals surface area contributed by atoms with Gasteiger partial charge in [-0.1, -0.05) is 11.6 Å². The number of aromatic nitrogens is 2. The number of amides is 2. The van der Waals surface area contributed by atoms with Crippen molar-refractivity contribution < 1.29 is 13.6 Å². The number of hydrogen-bond acceptors (Lipinski definition) is 4. The lowest BCUT2D eigenvalue weighted by molar-refractivity contribution is 0.258. The van der Waals surface area contributed by atoms with E-state index in [-0.39, 0.29) is 33.1 Å². The molecule has 0 atom stereocenters. The zero-order valence-electron chi connectivity index (χ0n) is 20.1. The Morgan fingerprint density at radius 1 is 1.11 bits per heavy atom. The summed E-state index contributed by atoms with van der Waals surface area (Å²) in [5.41, 5.74) is 1.61. The first kappa shape index (κ1) is 25.1. The van der Waals surface area contributed by atoms with Gasteiger partial charge in [0.2, 0.25) is 0 Å². The molecule has 2 heterocycles. The summed E-state index contributed by atoms with van der Waals surface area (Å²) in [6.45, 7) is 3.92. The number of aryl methyl sites for hydroxylation is 2. The van der Waals surface area contributed by atoms with Gasteiger partial charge in [-0.25, -0.2) is 18.6 Å². The smallest absolute Gasteiger partial charge is 0.326 e. The highest BCUT2D eigenvalue weighted by Gasteiger charge is 2.21. The van der Waals surface area contributed by atoms with Gasteiger partial charge < -0.3 is 15.2 Å². The quantitative estimate of drug-likeness (QED) is 0.343. The van der Waals surface area contributed by atoms with Crippen LogP contribution in [0.2, 0.25) is 5.02 Å². The molecule has 0 aliphatic heterocycles. The number of anilines is 3. The molecular formula is C26H24ClF2N5O2. The maximum Gasteiger partial charge on any atom is 0.326 e. The second-order valence-corrected chi connectivity index (χ2v) is 8.68. The van der Waals surface area contributed by atoms with Gasteiger partial charge in [0, 0.05) is 55.1 Å². The summed E-state index contributed by atoms with van der Waals surface area (Å²) in [6, 6.07) is 9.22. The van der Waals surface area contributed by atoms with Crippen molar-refractivity contribution >= 4 is 45.7 Å². The summed E-state index contributed by atoms with van der Waals surface area (Å²) in [4.78, 5) is 31.6. The Balaban J connectivity index is 1.79. The predicted octanol–water partition coefficient (Wildman–Crippen LogP) is 6.03. The van der Waals surface area contributed by atoms with E-state index in [1.807, 2.05) is 6.92 Å². The number of urea groups is 1. The SMILES string of the molecule is CCn1c(=O)c(-c2cc(N(C)C(=O)Nc3cc(C)cc(F)c3)c(F)cc2Cl)cc2cnc(NC)cc21. The summed E-state index contributed by atoms with van der Waals surface area (Å²) in [6.07, 6.45) is 1.63. The number of halogens is 3. The molecule has 2 aromatic heterocycles. The first-order chi connectivity index (χ1) is 17.1. The minimum atomic E-state index is -0.756. The molecule has 0 unspecified atom stereocenters. The molecule has 10 heteroatoms. The largest absolute Gasteiger partial charge is 0.373 e. The molecule has 4 aromatic rings. The number of nitrogens with zero attached hydrogens (tertiary/aromatic N) is 3. The third-order valence-corrected chi connectivity index (χ3v) is 6.15. The van der Waals surface area contributed by atoms with Crippen LogP contribution in [-0.2, 0) is 6.54 Å². The third kappa shape index (κ3) is 4.74. The van der Waals surface area contributed by atoms with E-state index in [2.05, 4.69) is 15.6 Å². The highest BCUT2D eigenvalue weighted by atomic mass is 35.5. The minimum Gasteiger partial charge on any atom is -0.373 e. The van der Waals surface area contributed by atoms with E-state index < -0.39 is 17.7 Å². The van der Waals surface area contributed by atoms with Crippen LogP contribution in [0.1, 0.15) is 12.5 Å². The van der Waals surface area contributed by atoms with Crippen molar-refractivity contribution in [2.75, 3.05) is 29.6 Å². The predicted molar refractivity (Wildman–Crippen MR) is 140 cm³/mol. The van der Waals surface area contributed by atoms with E-state index in [4.69, 9.17) is 11.6 Å². The highest BCUT2D eigenvalue weighted by molar-refractivity contribution is 6.33. The van der Waals surface area contributed by atoms with Crippen molar-refractivity contribution in [1.82, 2.24) is 9.55 Å². The minimum absolute atomic E-state index is 0.0183. The average molecular weight is 512 g/mol. The Morgan fingerprint density at radius 2 is 1.86 bits per heavy atom. The van der Waals surface area contributed by atoms with Gasteiger partial charge in [-0.2, -0.15) is 0 Å². The number of fused-ring (bicyclic) bond motifs is 1. The monoisotopic (exact) mass is 511 g/mol. The lowest BCUT2D eigenvalue weighted by Gasteiger charge is -2.21. The van der Waals surface area contributed by atoms with Crippen molar-refractivity contribution in [2.45, 2.75) is 20.4 Å². The van der Waals surface area contributed by atoms with Crippen molar-refractivity contribution in [3.63, 3.8) is 0 Å². The molecule has 4 rings (SSSR count). The molecule has 2 N–H and O–H groups in total. The van der Waals surface area contributed by atoms with Gasteiger partial charge in [-0.3, -0.25) is 9.69 Å². The highest BCUT2D eigenvalue weighted by Crippen LogP contribution is 2.34. The molecule has 0 radical (unpaired) electrons. The fourth-order valence-corrected chi connectivity index (χ4v) is 4.29. The summed E-state index contributed by atoms with van der Waals surface area (Å²) in [5.74, 6) is -0.651. The van der Waals surface area contributed by atoms with Gasteiger partial charge in [0.1, 0.15) is 17.5 Å². The maximum absolute atomic E-state index is 14.9. The van der Waals surface area contributed by atoms with Gasteiger partial charge in [0.05, 0.1) is 16.2 Å². The van der Waals surface area contributed by atoms with E-state index in [9.17, 15) is 18.4 Å². The second-order valence-electron chi connectivity index (χ2n) is 8.28. The van der Waals surface area contributed by atoms with E-state index in [0.717, 1.165) is 17.0 Å². The molecule has 0 saturated carbocycles. The average Bonchev–Trinajstić information content (AvgIpc) is 2.82. The van der Waals surface area contributed by atoms with Crippen LogP contribution in [0.15, 0.2) is 53.5 Å². The van der Waals surface area contributed by atoms with Crippen molar-refractivity contribution in [3.8, 4) is 11.1 Å². The Morgan fingerprint density at radius 3 is 2.53 bits per heavy atom. The topological polar surface area (TPSA) is 79.3 Å². The Kier molecular flexibility index (Phi) is 6.94. The van der Waals surface area contributed by atoms with E-state index in [1.165, 1.54) is 19.2 Å². The molecule has 0 spiro atoms. The molecule has 2 aromatic carbocycles. The third-order valence-electron chi connectivity index (χ3n) is 5.84. The number of carbonyl (C=O) groups excluding carboxylic acids is 1. The van der Waals surface area contributed by atoms with Crippen molar-refractivity contribution in [2.24, 2.45) is 0 Å². The van der Waals surface area contributed by atoms with Crippen LogP contribution in [0, 0.1) is 18.6 Å². The number of benzene rings is 2. The van der Waals surface area contributed by atoms with Crippen molar-refractivity contribution in [1.29, 1.82) is 0 Å². The fourth-order valence-electron chi connectivity index (χ4n) is 4.04. The van der Waals surface area contributed by atoms with Gasteiger partial charge in [0.15, 0.2) is 0 Å². The molecule has 7 nitrogen and oxygen atoms in total. The van der Waals surface area contributed by atoms with Crippen LogP contribution in [0.4, 0.5) is 30.8 Å². The molecule has 0 bridgehead atoms. The maximum atomic E-state index is 14.9. The van der Waals surface area contributed by atoms with Crippen LogP contribution in [0.5, 0.6) is 0 Å². The van der Waals surface area contributed by atoms with Gasteiger partial charge in [-0.05, 0) is 55.8 Å². The van der Waals surface area contributed by atoms with Crippen LogP contribution in [0.3, 0.4) is 0 Å². The standard InChI is InChI=1S/C26H24ClF2N5O2/c1-5-34-22-12-24(30-3)31-13-15(22)8-19(25(34)35)18-10-23(21(29)11-20(18)27)33(4)26(36)32-17-7-14(2)6-16(28)9-17/h6-13H,5H2,1-4H3,(H,30,31)(H,32,36). The van der Waals surface area contributed by atoms with E-state index in [1.54, 1.807) is 42.9 Å². The molecule has 0 saturated heterocycles. The molecule has 0 aliphatic carbocycles. The molecule has 36 heavy (non-hydrogen) atoms. The second kappa shape index (κ2) is 9.94. The van der Waals surface area contributed by atoms with Crippen molar-refractivity contribution in [3.05, 3.63) is 81.2 Å². The van der Waals surface area contributed by atoms with Crippen LogP contribution in [-0.4, -0.2) is 29.7 Å². The molecule has 2 amide bonds. The van der Waals surface area contributed by atoms with E-state index in [0.29, 0.717) is 28.8 Å². The molecule has 0 fully saturated rings. The van der Waals surface area contributed by atoms with Gasteiger partial charge in [0.25, 0.3) is 5.56 Å². The summed E-state index contributed by atoms with van der Waals surface area (Å²) >= 11 is 6.38. The lowest BCUT2D eigenvalue weighted by Crippen LogP contribution is -2.32. The molecule has 186 valence electrons. The Bertz CT molecular complexity index is 1530.